The summed E-state index contributed by atoms with van der Waals surface area (Å²) in [6.45, 7) is 9.50. The quantitative estimate of drug-likeness (QED) is 0.912. The van der Waals surface area contributed by atoms with E-state index in [1.54, 1.807) is 0 Å². The molecule has 1 aromatic heterocycles. The van der Waals surface area contributed by atoms with Gasteiger partial charge < -0.3 is 10.5 Å². The van der Waals surface area contributed by atoms with Crippen LogP contribution in [0.2, 0.25) is 0 Å². The van der Waals surface area contributed by atoms with Crippen molar-refractivity contribution in [3.8, 4) is 5.88 Å². The molecule has 0 aromatic carbocycles. The van der Waals surface area contributed by atoms with E-state index in [0.717, 1.165) is 35.9 Å². The van der Waals surface area contributed by atoms with Gasteiger partial charge in [-0.05, 0) is 50.0 Å². The maximum absolute atomic E-state index is 6.13. The molecule has 20 heavy (non-hydrogen) atoms. The van der Waals surface area contributed by atoms with Crippen molar-refractivity contribution in [2.75, 3.05) is 0 Å². The third-order valence-corrected chi connectivity index (χ3v) is 4.48. The van der Waals surface area contributed by atoms with Gasteiger partial charge in [0.05, 0.1) is 0 Å². The Morgan fingerprint density at radius 1 is 1.20 bits per heavy atom. The van der Waals surface area contributed by atoms with Crippen molar-refractivity contribution in [2.45, 2.75) is 66.0 Å². The van der Waals surface area contributed by atoms with Crippen LogP contribution in [0.25, 0.3) is 0 Å². The molecule has 0 bridgehead atoms. The minimum Gasteiger partial charge on any atom is -0.474 e. The molecule has 0 amide bonds. The van der Waals surface area contributed by atoms with Gasteiger partial charge in [-0.25, -0.2) is 4.98 Å². The van der Waals surface area contributed by atoms with Crippen LogP contribution in [0.3, 0.4) is 0 Å². The molecule has 0 spiro atoms. The average molecular weight is 276 g/mol. The van der Waals surface area contributed by atoms with Crippen molar-refractivity contribution in [3.63, 3.8) is 0 Å². The number of hydrogen-bond donors (Lipinski definition) is 1. The summed E-state index contributed by atoms with van der Waals surface area (Å²) >= 11 is 0. The van der Waals surface area contributed by atoms with Crippen molar-refractivity contribution >= 4 is 0 Å². The molecule has 112 valence electrons. The van der Waals surface area contributed by atoms with Gasteiger partial charge in [0.2, 0.25) is 5.88 Å². The van der Waals surface area contributed by atoms with Crippen LogP contribution in [-0.4, -0.2) is 11.1 Å². The van der Waals surface area contributed by atoms with E-state index in [9.17, 15) is 0 Å². The van der Waals surface area contributed by atoms with E-state index in [1.807, 2.05) is 19.1 Å². The largest absolute Gasteiger partial charge is 0.474 e. The number of ether oxygens (including phenoxy) is 1. The molecule has 3 heteroatoms. The SMILES string of the molecule is Cc1ccc(CN)c(OC2CCC(C(C)(C)C)CC2)n1. The van der Waals surface area contributed by atoms with Crippen LogP contribution in [0.5, 0.6) is 5.88 Å². The van der Waals surface area contributed by atoms with E-state index < -0.39 is 0 Å². The molecule has 2 rings (SSSR count). The highest BCUT2D eigenvalue weighted by atomic mass is 16.5. The summed E-state index contributed by atoms with van der Waals surface area (Å²) in [5.41, 5.74) is 8.17. The predicted octanol–water partition coefficient (Wildman–Crippen LogP) is 3.83. The summed E-state index contributed by atoms with van der Waals surface area (Å²) in [5.74, 6) is 1.55. The van der Waals surface area contributed by atoms with Crippen LogP contribution in [0.15, 0.2) is 12.1 Å². The van der Waals surface area contributed by atoms with Crippen molar-refractivity contribution in [1.82, 2.24) is 4.98 Å². The lowest BCUT2D eigenvalue weighted by molar-refractivity contribution is 0.0843. The molecule has 1 heterocycles. The first-order valence-electron chi connectivity index (χ1n) is 7.73. The fraction of sp³-hybridized carbons (Fsp3) is 0.706. The molecular weight excluding hydrogens is 248 g/mol. The minimum atomic E-state index is 0.299. The van der Waals surface area contributed by atoms with Crippen LogP contribution in [0.1, 0.15) is 57.7 Å². The lowest BCUT2D eigenvalue weighted by atomic mass is 9.72. The molecule has 2 N–H and O–H groups in total. The highest BCUT2D eigenvalue weighted by Crippen LogP contribution is 2.38. The van der Waals surface area contributed by atoms with Gasteiger partial charge in [0.25, 0.3) is 0 Å². The van der Waals surface area contributed by atoms with Crippen molar-refractivity contribution in [1.29, 1.82) is 0 Å². The monoisotopic (exact) mass is 276 g/mol. The van der Waals surface area contributed by atoms with Crippen LogP contribution < -0.4 is 10.5 Å². The van der Waals surface area contributed by atoms with Gasteiger partial charge >= 0.3 is 0 Å². The third-order valence-electron chi connectivity index (χ3n) is 4.48. The lowest BCUT2D eigenvalue weighted by Crippen LogP contribution is -2.31. The summed E-state index contributed by atoms with van der Waals surface area (Å²) in [6, 6.07) is 4.02. The highest BCUT2D eigenvalue weighted by Gasteiger charge is 2.30. The Labute approximate surface area is 122 Å². The summed E-state index contributed by atoms with van der Waals surface area (Å²) in [5, 5.41) is 0. The molecule has 0 atom stereocenters. The van der Waals surface area contributed by atoms with Gasteiger partial charge in [-0.1, -0.05) is 26.8 Å². The molecule has 1 aliphatic rings. The van der Waals surface area contributed by atoms with Crippen LogP contribution in [-0.2, 0) is 6.54 Å². The van der Waals surface area contributed by atoms with Crippen LogP contribution in [0, 0.1) is 18.3 Å². The Bertz CT molecular complexity index is 443. The summed E-state index contributed by atoms with van der Waals surface area (Å²) in [4.78, 5) is 4.50. The lowest BCUT2D eigenvalue weighted by Gasteiger charge is -2.36. The Balaban J connectivity index is 1.97. The van der Waals surface area contributed by atoms with E-state index in [0.29, 0.717) is 18.1 Å². The predicted molar refractivity (Wildman–Crippen MR) is 82.7 cm³/mol. The molecule has 0 aliphatic heterocycles. The van der Waals surface area contributed by atoms with E-state index >= 15 is 0 Å². The van der Waals surface area contributed by atoms with Crippen LogP contribution in [0.4, 0.5) is 0 Å². The fourth-order valence-electron chi connectivity index (χ4n) is 3.02. The second-order valence-electron chi connectivity index (χ2n) is 7.08. The number of aromatic nitrogens is 1. The normalized spacial score (nSPS) is 23.6. The summed E-state index contributed by atoms with van der Waals surface area (Å²) in [6.07, 6.45) is 5.05. The number of nitrogens with zero attached hydrogens (tertiary/aromatic N) is 1. The standard InChI is InChI=1S/C17H28N2O/c1-12-5-6-13(11-18)16(19-12)20-15-9-7-14(8-10-15)17(2,3)4/h5-6,14-15H,7-11,18H2,1-4H3. The van der Waals surface area contributed by atoms with Gasteiger partial charge in [0.1, 0.15) is 6.10 Å². The zero-order chi connectivity index (χ0) is 14.8. The second kappa shape index (κ2) is 6.13. The first kappa shape index (κ1) is 15.3. The maximum atomic E-state index is 6.13. The van der Waals surface area contributed by atoms with E-state index in [1.165, 1.54) is 12.8 Å². The summed E-state index contributed by atoms with van der Waals surface area (Å²) in [7, 11) is 0. The zero-order valence-corrected chi connectivity index (χ0v) is 13.3. The van der Waals surface area contributed by atoms with E-state index in [2.05, 4.69) is 25.8 Å². The van der Waals surface area contributed by atoms with Gasteiger partial charge in [-0.2, -0.15) is 0 Å². The third kappa shape index (κ3) is 3.72. The molecule has 1 saturated carbocycles. The van der Waals surface area contributed by atoms with Gasteiger partial charge in [-0.3, -0.25) is 0 Å². The number of pyridine rings is 1. The molecule has 1 fully saturated rings. The smallest absolute Gasteiger partial charge is 0.218 e. The maximum Gasteiger partial charge on any atom is 0.218 e. The number of nitrogens with two attached hydrogens (primary N) is 1. The van der Waals surface area contributed by atoms with Crippen molar-refractivity contribution in [3.05, 3.63) is 23.4 Å². The molecule has 0 saturated heterocycles. The van der Waals surface area contributed by atoms with Crippen molar-refractivity contribution < 1.29 is 4.74 Å². The molecule has 3 nitrogen and oxygen atoms in total. The molecule has 0 unspecified atom stereocenters. The Morgan fingerprint density at radius 3 is 2.40 bits per heavy atom. The molecule has 1 aliphatic carbocycles. The minimum absolute atomic E-state index is 0.299. The topological polar surface area (TPSA) is 48.1 Å². The van der Waals surface area contributed by atoms with Gasteiger partial charge in [-0.15, -0.1) is 0 Å². The Morgan fingerprint density at radius 2 is 1.85 bits per heavy atom. The first-order chi connectivity index (χ1) is 9.40. The van der Waals surface area contributed by atoms with Gasteiger partial charge in [0, 0.05) is 17.8 Å². The molecule has 0 radical (unpaired) electrons. The van der Waals surface area contributed by atoms with E-state index in [4.69, 9.17) is 10.5 Å². The Hall–Kier alpha value is -1.09. The van der Waals surface area contributed by atoms with Gasteiger partial charge in [0.15, 0.2) is 0 Å². The molecular formula is C17H28N2O. The fourth-order valence-corrected chi connectivity index (χ4v) is 3.02. The second-order valence-corrected chi connectivity index (χ2v) is 7.08. The van der Waals surface area contributed by atoms with Crippen molar-refractivity contribution in [2.24, 2.45) is 17.1 Å². The highest BCUT2D eigenvalue weighted by molar-refractivity contribution is 5.28. The number of hydrogen-bond acceptors (Lipinski definition) is 3. The Kier molecular flexibility index (Phi) is 4.69. The average Bonchev–Trinajstić information content (AvgIpc) is 2.38. The first-order valence-corrected chi connectivity index (χ1v) is 7.73. The van der Waals surface area contributed by atoms with Crippen LogP contribution >= 0.6 is 0 Å². The number of aryl methyl sites for hydroxylation is 1. The molecule has 1 aromatic rings. The summed E-state index contributed by atoms with van der Waals surface area (Å²) < 4.78 is 6.13. The number of rotatable bonds is 3. The van der Waals surface area contributed by atoms with E-state index in [-0.39, 0.29) is 0 Å². The zero-order valence-electron chi connectivity index (χ0n) is 13.3.